The molecule has 0 N–H and O–H groups in total. The zero-order valence-corrected chi connectivity index (χ0v) is 45.6. The van der Waals surface area contributed by atoms with Crippen LogP contribution in [0, 0.1) is 0 Å². The third-order valence-electron chi connectivity index (χ3n) is 16.2. The lowest BCUT2D eigenvalue weighted by atomic mass is 10.1. The Morgan fingerprint density at radius 1 is 0.202 bits per heavy atom. The molecule has 0 fully saturated rings. The van der Waals surface area contributed by atoms with Gasteiger partial charge in [-0.25, -0.2) is 0 Å². The molecule has 0 saturated carbocycles. The Kier molecular flexibility index (Phi) is 11.7. The SMILES string of the molecule is c1ccc(N(c2ccccc2)c2ccc3c4ccccc4n(-c4nc(N(c5ccccc5)c5ccc6c(c5)c5ccccc5n6-c5ccccc5)cc(N(c5ccccc5)c5ccc6c7ccccc7n(-c7ccccc7)c6c5)n4)c3c2)cc1. The quantitative estimate of drug-likeness (QED) is 0.122. The highest BCUT2D eigenvalue weighted by atomic mass is 15.3. The van der Waals surface area contributed by atoms with E-state index < -0.39 is 0 Å². The Morgan fingerprint density at radius 3 is 0.976 bits per heavy atom. The molecule has 12 aromatic carbocycles. The first-order valence-electron chi connectivity index (χ1n) is 28.4. The molecule has 0 radical (unpaired) electrons. The van der Waals surface area contributed by atoms with Gasteiger partial charge in [0.1, 0.15) is 11.6 Å². The average Bonchev–Trinajstić information content (AvgIpc) is 2.59. The minimum Gasteiger partial charge on any atom is -0.310 e. The van der Waals surface area contributed by atoms with E-state index in [1.165, 1.54) is 5.39 Å². The molecule has 4 heterocycles. The van der Waals surface area contributed by atoms with Crippen LogP contribution in [0.4, 0.5) is 51.4 Å². The molecule has 396 valence electrons. The molecule has 0 aliphatic heterocycles. The highest BCUT2D eigenvalue weighted by molar-refractivity contribution is 6.13. The van der Waals surface area contributed by atoms with E-state index in [1.807, 2.05) is 0 Å². The second-order valence-corrected chi connectivity index (χ2v) is 21.1. The van der Waals surface area contributed by atoms with E-state index in [2.05, 4.69) is 344 Å². The number of para-hydroxylation sites is 9. The van der Waals surface area contributed by atoms with Crippen molar-refractivity contribution in [2.24, 2.45) is 0 Å². The van der Waals surface area contributed by atoms with Gasteiger partial charge in [-0.1, -0.05) is 176 Å². The fourth-order valence-corrected chi connectivity index (χ4v) is 12.5. The molecule has 0 aliphatic rings. The van der Waals surface area contributed by atoms with Crippen LogP contribution in [0.5, 0.6) is 0 Å². The molecule has 0 bridgehead atoms. The second-order valence-electron chi connectivity index (χ2n) is 21.1. The minimum atomic E-state index is 0.514. The van der Waals surface area contributed by atoms with Crippen LogP contribution in [0.25, 0.3) is 82.7 Å². The van der Waals surface area contributed by atoms with E-state index in [4.69, 9.17) is 9.97 Å². The highest BCUT2D eigenvalue weighted by Gasteiger charge is 2.26. The number of rotatable bonds is 12. The molecule has 84 heavy (non-hydrogen) atoms. The van der Waals surface area contributed by atoms with E-state index in [1.54, 1.807) is 0 Å². The molecule has 0 aliphatic carbocycles. The molecule has 0 amide bonds. The minimum absolute atomic E-state index is 0.514. The lowest BCUT2D eigenvalue weighted by Gasteiger charge is -2.29. The van der Waals surface area contributed by atoms with Crippen LogP contribution in [0.2, 0.25) is 0 Å². The van der Waals surface area contributed by atoms with E-state index in [9.17, 15) is 0 Å². The summed E-state index contributed by atoms with van der Waals surface area (Å²) < 4.78 is 7.00. The monoisotopic (exact) mass is 1080 g/mol. The van der Waals surface area contributed by atoms with Crippen LogP contribution in [0.1, 0.15) is 0 Å². The van der Waals surface area contributed by atoms with Crippen molar-refractivity contribution < 1.29 is 0 Å². The molecule has 4 aromatic heterocycles. The van der Waals surface area contributed by atoms with Crippen molar-refractivity contribution in [1.82, 2.24) is 23.7 Å². The van der Waals surface area contributed by atoms with Crippen molar-refractivity contribution in [2.75, 3.05) is 14.7 Å². The number of nitrogens with zero attached hydrogens (tertiary/aromatic N) is 8. The number of hydrogen-bond acceptors (Lipinski definition) is 5. The third-order valence-corrected chi connectivity index (χ3v) is 16.2. The van der Waals surface area contributed by atoms with Gasteiger partial charge < -0.3 is 14.0 Å². The van der Waals surface area contributed by atoms with Gasteiger partial charge in [-0.2, -0.15) is 9.97 Å². The first-order chi connectivity index (χ1) is 41.7. The van der Waals surface area contributed by atoms with Gasteiger partial charge in [-0.3, -0.25) is 14.4 Å². The van der Waals surface area contributed by atoms with Crippen LogP contribution in [0.3, 0.4) is 0 Å². The summed E-state index contributed by atoms with van der Waals surface area (Å²) in [4.78, 5) is 18.6. The second kappa shape index (κ2) is 20.3. The standard InChI is InChI=1S/C76H52N8/c1-7-25-53(26-8-1)79(54-27-9-2-10-28-54)60-43-46-66-63-38-20-24-42-70(63)84(73(66)50-60)76-77-74(80(55-29-11-3-12-30-55)59-45-48-71-67(49-59)64-39-21-23-41-69(64)82(71)57-33-15-5-16-34-57)52-75(78-76)81(56-31-13-4-14-32-56)61-44-47-65-62-37-19-22-40-68(62)83(72(65)51-61)58-35-17-6-18-36-58/h1-52H. The fraction of sp³-hybridized carbons (Fsp3) is 0. The van der Waals surface area contributed by atoms with Crippen LogP contribution in [-0.2, 0) is 0 Å². The lowest BCUT2D eigenvalue weighted by Crippen LogP contribution is -2.18. The van der Waals surface area contributed by atoms with Gasteiger partial charge >= 0.3 is 0 Å². The van der Waals surface area contributed by atoms with E-state index >= 15 is 0 Å². The van der Waals surface area contributed by atoms with Crippen LogP contribution in [0.15, 0.2) is 315 Å². The Balaban J connectivity index is 0.988. The third kappa shape index (κ3) is 8.15. The van der Waals surface area contributed by atoms with Gasteiger partial charge in [0.25, 0.3) is 0 Å². The van der Waals surface area contributed by atoms with E-state index in [-0.39, 0.29) is 0 Å². The topological polar surface area (TPSA) is 50.3 Å². The maximum absolute atomic E-state index is 5.85. The summed E-state index contributed by atoms with van der Waals surface area (Å²) >= 11 is 0. The summed E-state index contributed by atoms with van der Waals surface area (Å²) in [6.45, 7) is 0. The Labute approximate surface area is 485 Å². The van der Waals surface area contributed by atoms with Crippen molar-refractivity contribution in [3.8, 4) is 17.3 Å². The van der Waals surface area contributed by atoms with Gasteiger partial charge in [-0.15, -0.1) is 0 Å². The van der Waals surface area contributed by atoms with Crippen molar-refractivity contribution in [1.29, 1.82) is 0 Å². The molecule has 0 atom stereocenters. The molecule has 16 rings (SSSR count). The number of anilines is 9. The molecule has 8 heteroatoms. The van der Waals surface area contributed by atoms with E-state index in [0.717, 1.165) is 111 Å². The highest BCUT2D eigenvalue weighted by Crippen LogP contribution is 2.45. The Bertz CT molecular complexity index is 5040. The molecular weight excluding hydrogens is 1020 g/mol. The molecule has 0 unspecified atom stereocenters. The van der Waals surface area contributed by atoms with Gasteiger partial charge in [0.2, 0.25) is 5.95 Å². The summed E-state index contributed by atoms with van der Waals surface area (Å²) in [5.74, 6) is 1.88. The predicted octanol–water partition coefficient (Wildman–Crippen LogP) is 20.2. The summed E-state index contributed by atoms with van der Waals surface area (Å²) in [5, 5.41) is 6.83. The molecule has 0 saturated heterocycles. The normalized spacial score (nSPS) is 11.6. The van der Waals surface area contributed by atoms with Gasteiger partial charge in [0.15, 0.2) is 0 Å². The lowest BCUT2D eigenvalue weighted by molar-refractivity contribution is 0.968. The fourth-order valence-electron chi connectivity index (χ4n) is 12.5. The first-order valence-corrected chi connectivity index (χ1v) is 28.4. The Morgan fingerprint density at radius 2 is 0.512 bits per heavy atom. The van der Waals surface area contributed by atoms with Crippen molar-refractivity contribution in [3.05, 3.63) is 315 Å². The first kappa shape index (κ1) is 48.4. The molecule has 8 nitrogen and oxygen atoms in total. The number of benzene rings is 12. The molecule has 16 aromatic rings. The maximum atomic E-state index is 5.85. The Hall–Kier alpha value is -11.5. The summed E-state index contributed by atoms with van der Waals surface area (Å²) in [6.07, 6.45) is 0. The van der Waals surface area contributed by atoms with E-state index in [0.29, 0.717) is 17.6 Å². The predicted molar refractivity (Wildman–Crippen MR) is 349 cm³/mol. The van der Waals surface area contributed by atoms with Crippen LogP contribution < -0.4 is 14.7 Å². The van der Waals surface area contributed by atoms with Crippen molar-refractivity contribution in [2.45, 2.75) is 0 Å². The number of fused-ring (bicyclic) bond motifs is 9. The van der Waals surface area contributed by atoms with Gasteiger partial charge in [0.05, 0.1) is 33.1 Å². The number of aromatic nitrogens is 5. The summed E-state index contributed by atoms with van der Waals surface area (Å²) in [7, 11) is 0. The van der Waals surface area contributed by atoms with Gasteiger partial charge in [0, 0.05) is 89.6 Å². The number of hydrogen-bond donors (Lipinski definition) is 0. The van der Waals surface area contributed by atoms with Gasteiger partial charge in [-0.05, 0) is 133 Å². The largest absolute Gasteiger partial charge is 0.310 e. The average molecular weight is 1080 g/mol. The summed E-state index contributed by atoms with van der Waals surface area (Å²) in [6, 6.07) is 112. The van der Waals surface area contributed by atoms with Crippen LogP contribution in [-0.4, -0.2) is 23.7 Å². The summed E-state index contributed by atoms with van der Waals surface area (Å²) in [5.41, 5.74) is 15.5. The zero-order chi connectivity index (χ0) is 55.5. The van der Waals surface area contributed by atoms with Crippen LogP contribution >= 0.6 is 0 Å². The zero-order valence-electron chi connectivity index (χ0n) is 45.6. The smallest absolute Gasteiger partial charge is 0.238 e. The molecular formula is C76H52N8. The van der Waals surface area contributed by atoms with Crippen molar-refractivity contribution in [3.63, 3.8) is 0 Å². The van der Waals surface area contributed by atoms with Crippen molar-refractivity contribution >= 4 is 117 Å². The maximum Gasteiger partial charge on any atom is 0.238 e. The molecule has 0 spiro atoms.